The highest BCUT2D eigenvalue weighted by Crippen LogP contribution is 2.26. The largest absolute Gasteiger partial charge is 0.377 e. The van der Waals surface area contributed by atoms with E-state index in [0.29, 0.717) is 24.2 Å². The van der Waals surface area contributed by atoms with Crippen LogP contribution in [0.2, 0.25) is 5.02 Å². The Morgan fingerprint density at radius 2 is 2.44 bits per heavy atom. The first kappa shape index (κ1) is 11.4. The van der Waals surface area contributed by atoms with Gasteiger partial charge in [-0.05, 0) is 6.92 Å². The van der Waals surface area contributed by atoms with Gasteiger partial charge >= 0.3 is 0 Å². The third-order valence-electron chi connectivity index (χ3n) is 2.59. The summed E-state index contributed by atoms with van der Waals surface area (Å²) in [7, 11) is 1.79. The molecule has 1 aliphatic rings. The van der Waals surface area contributed by atoms with Crippen LogP contribution in [0, 0.1) is 0 Å². The van der Waals surface area contributed by atoms with Gasteiger partial charge in [0.2, 0.25) is 5.95 Å². The van der Waals surface area contributed by atoms with Crippen LogP contribution in [-0.2, 0) is 4.74 Å². The number of anilines is 2. The average molecular weight is 243 g/mol. The van der Waals surface area contributed by atoms with Gasteiger partial charge in [-0.1, -0.05) is 11.6 Å². The Labute approximate surface area is 99.8 Å². The zero-order chi connectivity index (χ0) is 11.5. The molecule has 0 amide bonds. The highest BCUT2D eigenvalue weighted by atomic mass is 35.5. The van der Waals surface area contributed by atoms with Crippen LogP contribution in [0.25, 0.3) is 0 Å². The molecule has 0 aromatic carbocycles. The van der Waals surface area contributed by atoms with Gasteiger partial charge in [0.05, 0.1) is 25.5 Å². The van der Waals surface area contributed by atoms with Crippen LogP contribution in [0.15, 0.2) is 6.20 Å². The second kappa shape index (κ2) is 4.84. The number of rotatable bonds is 2. The van der Waals surface area contributed by atoms with E-state index in [1.54, 1.807) is 13.2 Å². The summed E-state index contributed by atoms with van der Waals surface area (Å²) in [5.41, 5.74) is 0. The lowest BCUT2D eigenvalue weighted by Gasteiger charge is -2.34. The molecule has 1 aliphatic heterocycles. The minimum Gasteiger partial charge on any atom is -0.377 e. The van der Waals surface area contributed by atoms with E-state index >= 15 is 0 Å². The second-order valence-corrected chi connectivity index (χ2v) is 4.14. The molecule has 0 bridgehead atoms. The van der Waals surface area contributed by atoms with Gasteiger partial charge in [-0.15, -0.1) is 0 Å². The first-order chi connectivity index (χ1) is 7.72. The molecule has 0 saturated carbocycles. The summed E-state index contributed by atoms with van der Waals surface area (Å²) < 4.78 is 5.39. The van der Waals surface area contributed by atoms with Crippen molar-refractivity contribution >= 4 is 23.4 Å². The van der Waals surface area contributed by atoms with E-state index in [2.05, 4.69) is 27.1 Å². The zero-order valence-electron chi connectivity index (χ0n) is 9.40. The van der Waals surface area contributed by atoms with E-state index in [4.69, 9.17) is 16.3 Å². The smallest absolute Gasteiger partial charge is 0.224 e. The maximum atomic E-state index is 6.12. The summed E-state index contributed by atoms with van der Waals surface area (Å²) in [6.07, 6.45) is 1.62. The molecule has 1 aromatic rings. The third-order valence-corrected chi connectivity index (χ3v) is 2.86. The maximum absolute atomic E-state index is 6.12. The van der Waals surface area contributed by atoms with Crippen molar-refractivity contribution in [1.82, 2.24) is 9.97 Å². The molecular formula is C10H15ClN4O. The lowest BCUT2D eigenvalue weighted by molar-refractivity contribution is 0.0985. The number of hydrogen-bond donors (Lipinski definition) is 1. The lowest BCUT2D eigenvalue weighted by Crippen LogP contribution is -2.44. The SMILES string of the molecule is CNc1ncc(Cl)c(N2CCOCC2C)n1. The van der Waals surface area contributed by atoms with Crippen molar-refractivity contribution in [3.63, 3.8) is 0 Å². The molecule has 1 N–H and O–H groups in total. The van der Waals surface area contributed by atoms with E-state index < -0.39 is 0 Å². The zero-order valence-corrected chi connectivity index (χ0v) is 10.2. The van der Waals surface area contributed by atoms with Crippen LogP contribution in [0.3, 0.4) is 0 Å². The van der Waals surface area contributed by atoms with Crippen LogP contribution in [0.1, 0.15) is 6.92 Å². The first-order valence-corrected chi connectivity index (χ1v) is 5.65. The first-order valence-electron chi connectivity index (χ1n) is 5.27. The minimum absolute atomic E-state index is 0.283. The van der Waals surface area contributed by atoms with Gasteiger partial charge in [-0.25, -0.2) is 4.98 Å². The van der Waals surface area contributed by atoms with Crippen LogP contribution >= 0.6 is 11.6 Å². The van der Waals surface area contributed by atoms with Gasteiger partial charge in [0.25, 0.3) is 0 Å². The highest BCUT2D eigenvalue weighted by Gasteiger charge is 2.22. The molecule has 6 heteroatoms. The molecule has 1 aromatic heterocycles. The molecule has 1 fully saturated rings. The van der Waals surface area contributed by atoms with E-state index in [1.807, 2.05) is 0 Å². The standard InChI is InChI=1S/C10H15ClN4O/c1-7-6-16-4-3-15(7)9-8(11)5-13-10(12-2)14-9/h5,7H,3-4,6H2,1-2H3,(H,12,13,14). The number of nitrogens with zero attached hydrogens (tertiary/aromatic N) is 3. The Morgan fingerprint density at radius 1 is 1.62 bits per heavy atom. The van der Waals surface area contributed by atoms with E-state index in [1.165, 1.54) is 0 Å². The molecule has 0 spiro atoms. The molecule has 1 saturated heterocycles. The monoisotopic (exact) mass is 242 g/mol. The van der Waals surface area contributed by atoms with E-state index in [9.17, 15) is 0 Å². The maximum Gasteiger partial charge on any atom is 0.224 e. The molecule has 1 unspecified atom stereocenters. The highest BCUT2D eigenvalue weighted by molar-refractivity contribution is 6.32. The van der Waals surface area contributed by atoms with Crippen molar-refractivity contribution in [2.45, 2.75) is 13.0 Å². The molecule has 16 heavy (non-hydrogen) atoms. The molecule has 0 radical (unpaired) electrons. The predicted molar refractivity (Wildman–Crippen MR) is 64.2 cm³/mol. The fourth-order valence-electron chi connectivity index (χ4n) is 1.72. The summed E-state index contributed by atoms with van der Waals surface area (Å²) in [4.78, 5) is 10.6. The van der Waals surface area contributed by atoms with Gasteiger partial charge in [-0.3, -0.25) is 0 Å². The molecule has 88 valence electrons. The Kier molecular flexibility index (Phi) is 3.46. The summed E-state index contributed by atoms with van der Waals surface area (Å²) >= 11 is 6.12. The fraction of sp³-hybridized carbons (Fsp3) is 0.600. The van der Waals surface area contributed by atoms with Crippen molar-refractivity contribution in [2.24, 2.45) is 0 Å². The van der Waals surface area contributed by atoms with Crippen molar-refractivity contribution in [2.75, 3.05) is 37.0 Å². The number of nitrogens with one attached hydrogen (secondary N) is 1. The quantitative estimate of drug-likeness (QED) is 0.850. The van der Waals surface area contributed by atoms with Crippen molar-refractivity contribution in [1.29, 1.82) is 0 Å². The van der Waals surface area contributed by atoms with E-state index in [-0.39, 0.29) is 6.04 Å². The van der Waals surface area contributed by atoms with Gasteiger partial charge in [0, 0.05) is 13.6 Å². The predicted octanol–water partition coefficient (Wildman–Crippen LogP) is 1.40. The molecular weight excluding hydrogens is 228 g/mol. The summed E-state index contributed by atoms with van der Waals surface area (Å²) in [6, 6.07) is 0.283. The molecule has 1 atom stereocenters. The Hall–Kier alpha value is -1.07. The number of hydrogen-bond acceptors (Lipinski definition) is 5. The molecule has 5 nitrogen and oxygen atoms in total. The van der Waals surface area contributed by atoms with Gasteiger partial charge in [0.1, 0.15) is 5.02 Å². The lowest BCUT2D eigenvalue weighted by atomic mass is 10.2. The van der Waals surface area contributed by atoms with Crippen LogP contribution < -0.4 is 10.2 Å². The van der Waals surface area contributed by atoms with Crippen LogP contribution in [0.4, 0.5) is 11.8 Å². The normalized spacial score (nSPS) is 20.9. The van der Waals surface area contributed by atoms with E-state index in [0.717, 1.165) is 12.4 Å². The van der Waals surface area contributed by atoms with Crippen molar-refractivity contribution in [3.8, 4) is 0 Å². The van der Waals surface area contributed by atoms with Gasteiger partial charge in [-0.2, -0.15) is 4.98 Å². The Morgan fingerprint density at radius 3 is 3.12 bits per heavy atom. The average Bonchev–Trinajstić information content (AvgIpc) is 2.31. The van der Waals surface area contributed by atoms with Gasteiger partial charge in [0.15, 0.2) is 5.82 Å². The number of halogens is 1. The van der Waals surface area contributed by atoms with Crippen molar-refractivity contribution in [3.05, 3.63) is 11.2 Å². The number of aromatic nitrogens is 2. The molecule has 2 rings (SSSR count). The molecule has 2 heterocycles. The summed E-state index contributed by atoms with van der Waals surface area (Å²) in [6.45, 7) is 4.31. The van der Waals surface area contributed by atoms with Crippen LogP contribution in [-0.4, -0.2) is 42.8 Å². The third kappa shape index (κ3) is 2.20. The topological polar surface area (TPSA) is 50.3 Å². The minimum atomic E-state index is 0.283. The summed E-state index contributed by atoms with van der Waals surface area (Å²) in [5, 5.41) is 3.49. The Bertz CT molecular complexity index is 374. The number of ether oxygens (including phenoxy) is 1. The second-order valence-electron chi connectivity index (χ2n) is 3.73. The fourth-order valence-corrected chi connectivity index (χ4v) is 1.92. The van der Waals surface area contributed by atoms with Gasteiger partial charge < -0.3 is 15.0 Å². The summed E-state index contributed by atoms with van der Waals surface area (Å²) in [5.74, 6) is 1.36. The Balaban J connectivity index is 2.30. The van der Waals surface area contributed by atoms with Crippen molar-refractivity contribution < 1.29 is 4.74 Å². The number of morpholine rings is 1. The van der Waals surface area contributed by atoms with Crippen LogP contribution in [0.5, 0.6) is 0 Å². The molecule has 0 aliphatic carbocycles.